The summed E-state index contributed by atoms with van der Waals surface area (Å²) >= 11 is -2.62. The molecule has 0 heterocycles. The van der Waals surface area contributed by atoms with E-state index < -0.39 is 21.3 Å². The number of hydrogen-bond acceptors (Lipinski definition) is 0. The molecule has 0 saturated carbocycles. The Labute approximate surface area is 301 Å². The first-order valence-electron chi connectivity index (χ1n) is 16.9. The molecular formula is C43H56Cl2Zr. The van der Waals surface area contributed by atoms with Crippen LogP contribution in [0.15, 0.2) is 75.6 Å². The monoisotopic (exact) mass is 732 g/mol. The van der Waals surface area contributed by atoms with Crippen molar-refractivity contribution in [3.05, 3.63) is 115 Å². The standard InChI is InChI=1S/C23H29.C12H19.C8H8.2ClH.Zr/c1-14-9-16-11-17-10-15(2)21(23(6,7)8)13-19(17)18(16)12-20(14)22(3,4)5;1-5-6-10-7-8-11(9-10)12(2,3)4;1-2-8-6-4-3-5-7-8;;;/h9-13H,1-8H3;8-10H,5-6H2,1-4H3;3-7H,1H3;2*1H;/q;;;;;+2/p-2. The van der Waals surface area contributed by atoms with Gasteiger partial charge in [-0.05, 0) is 0 Å². The summed E-state index contributed by atoms with van der Waals surface area (Å²) in [4.78, 5) is 0. The van der Waals surface area contributed by atoms with Crippen LogP contribution >= 0.6 is 0 Å². The molecule has 0 nitrogen and oxygen atoms in total. The smallest absolute Gasteiger partial charge is 1.00 e. The van der Waals surface area contributed by atoms with E-state index >= 15 is 0 Å². The second-order valence-corrected chi connectivity index (χ2v) is 23.4. The molecule has 1 atom stereocenters. The van der Waals surface area contributed by atoms with Crippen LogP contribution in [-0.2, 0) is 32.1 Å². The summed E-state index contributed by atoms with van der Waals surface area (Å²) in [5.41, 5.74) is 15.4. The van der Waals surface area contributed by atoms with Gasteiger partial charge in [0.2, 0.25) is 0 Å². The molecule has 46 heavy (non-hydrogen) atoms. The summed E-state index contributed by atoms with van der Waals surface area (Å²) in [5, 5.41) is 0. The summed E-state index contributed by atoms with van der Waals surface area (Å²) in [7, 11) is 0. The van der Waals surface area contributed by atoms with Gasteiger partial charge in [-0.1, -0.05) is 0 Å². The molecule has 3 heteroatoms. The molecule has 0 bridgehead atoms. The van der Waals surface area contributed by atoms with Gasteiger partial charge in [0.15, 0.2) is 0 Å². The average molecular weight is 735 g/mol. The molecular weight excluding hydrogens is 679 g/mol. The molecule has 2 aliphatic carbocycles. The topological polar surface area (TPSA) is 0 Å². The van der Waals surface area contributed by atoms with Crippen molar-refractivity contribution in [2.75, 3.05) is 0 Å². The summed E-state index contributed by atoms with van der Waals surface area (Å²) in [6.07, 6.45) is 7.83. The SMILES string of the molecule is CCCC1C=C(C(C)(C)C)C=[C]1/[Zr+2](=[C](/C)c1ccccc1)[CH]1c2cc(C)c(C(C)(C)C)cc2-c2cc(C(C)(C)C)c(C)cc21.[Cl-].[Cl-]. The molecule has 1 unspecified atom stereocenters. The first-order chi connectivity index (χ1) is 20.4. The second kappa shape index (κ2) is 14.1. The largest absolute Gasteiger partial charge is 1.00 e. The van der Waals surface area contributed by atoms with Gasteiger partial charge in [0, 0.05) is 0 Å². The van der Waals surface area contributed by atoms with Crippen LogP contribution in [0.1, 0.15) is 132 Å². The van der Waals surface area contributed by atoms with Crippen molar-refractivity contribution in [2.24, 2.45) is 11.3 Å². The number of rotatable bonds is 5. The summed E-state index contributed by atoms with van der Waals surface area (Å²) < 4.78 is 3.96. The van der Waals surface area contributed by atoms with Gasteiger partial charge >= 0.3 is 279 Å². The fraction of sp³-hybridized carbons (Fsp3) is 0.465. The normalized spacial score (nSPS) is 16.5. The molecule has 0 N–H and O–H groups in total. The van der Waals surface area contributed by atoms with Crippen molar-refractivity contribution in [3.63, 3.8) is 0 Å². The summed E-state index contributed by atoms with van der Waals surface area (Å²) in [5.74, 6) is 0.555. The zero-order valence-corrected chi connectivity index (χ0v) is 34.6. The third-order valence-corrected chi connectivity index (χ3v) is 18.5. The Kier molecular flexibility index (Phi) is 12.0. The third kappa shape index (κ3) is 7.38. The predicted molar refractivity (Wildman–Crippen MR) is 191 cm³/mol. The van der Waals surface area contributed by atoms with Crippen molar-refractivity contribution < 1.29 is 46.1 Å². The summed E-state index contributed by atoms with van der Waals surface area (Å²) in [6, 6.07) is 21.8. The number of hydrogen-bond donors (Lipinski definition) is 0. The maximum absolute atomic E-state index is 2.70. The molecule has 5 rings (SSSR count). The van der Waals surface area contributed by atoms with E-state index in [2.05, 4.69) is 157 Å². The molecule has 3 aromatic carbocycles. The van der Waals surface area contributed by atoms with Crippen LogP contribution < -0.4 is 24.8 Å². The van der Waals surface area contributed by atoms with Crippen molar-refractivity contribution in [3.8, 4) is 11.1 Å². The van der Waals surface area contributed by atoms with Gasteiger partial charge in [0.25, 0.3) is 0 Å². The maximum atomic E-state index is 2.70. The van der Waals surface area contributed by atoms with Crippen LogP contribution in [-0.4, -0.2) is 3.21 Å². The zero-order valence-electron chi connectivity index (χ0n) is 30.7. The third-order valence-electron chi connectivity index (χ3n) is 10.1. The van der Waals surface area contributed by atoms with Crippen LogP contribution in [0.3, 0.4) is 0 Å². The van der Waals surface area contributed by atoms with Crippen LogP contribution in [0.2, 0.25) is 0 Å². The number of allylic oxidation sites excluding steroid dienone is 4. The Bertz CT molecular complexity index is 1610. The van der Waals surface area contributed by atoms with Gasteiger partial charge in [0.1, 0.15) is 0 Å². The van der Waals surface area contributed by atoms with E-state index in [0.717, 1.165) is 0 Å². The minimum Gasteiger partial charge on any atom is -1.00 e. The molecule has 0 aliphatic heterocycles. The Hall–Kier alpha value is -1.53. The van der Waals surface area contributed by atoms with Gasteiger partial charge in [-0.2, -0.15) is 0 Å². The van der Waals surface area contributed by atoms with Gasteiger partial charge in [-0.15, -0.1) is 0 Å². The Morgan fingerprint density at radius 3 is 1.59 bits per heavy atom. The van der Waals surface area contributed by atoms with Crippen LogP contribution in [0.5, 0.6) is 0 Å². The number of fused-ring (bicyclic) bond motifs is 3. The number of aryl methyl sites for hydroxylation is 2. The van der Waals surface area contributed by atoms with Gasteiger partial charge < -0.3 is 24.8 Å². The molecule has 2 aliphatic rings. The molecule has 0 saturated heterocycles. The molecule has 0 fully saturated rings. The molecule has 0 amide bonds. The predicted octanol–water partition coefficient (Wildman–Crippen LogP) is 6.12. The molecule has 3 aromatic rings. The Morgan fingerprint density at radius 1 is 0.696 bits per heavy atom. The minimum atomic E-state index is -2.62. The number of halogens is 2. The molecule has 0 radical (unpaired) electrons. The minimum absolute atomic E-state index is 0. The van der Waals surface area contributed by atoms with Gasteiger partial charge in [-0.3, -0.25) is 0 Å². The van der Waals surface area contributed by atoms with E-state index in [-0.39, 0.29) is 41.1 Å². The Balaban J connectivity index is 0.00000288. The molecule has 0 spiro atoms. The van der Waals surface area contributed by atoms with E-state index in [1.54, 1.807) is 23.2 Å². The van der Waals surface area contributed by atoms with E-state index in [1.807, 2.05) is 0 Å². The molecule has 0 aromatic heterocycles. The van der Waals surface area contributed by atoms with Crippen LogP contribution in [0.25, 0.3) is 11.1 Å². The fourth-order valence-electron chi connectivity index (χ4n) is 7.87. The first kappa shape index (κ1) is 38.9. The van der Waals surface area contributed by atoms with E-state index in [1.165, 1.54) is 51.8 Å². The van der Waals surface area contributed by atoms with Crippen LogP contribution in [0, 0.1) is 25.2 Å². The number of benzene rings is 3. The van der Waals surface area contributed by atoms with Crippen molar-refractivity contribution in [2.45, 2.75) is 117 Å². The zero-order chi connectivity index (χ0) is 32.4. The fourth-order valence-corrected chi connectivity index (χ4v) is 17.0. The maximum Gasteiger partial charge on any atom is -1.00 e. The summed E-state index contributed by atoms with van der Waals surface area (Å²) in [6.45, 7) is 31.0. The first-order valence-corrected chi connectivity index (χ1v) is 20.8. The van der Waals surface area contributed by atoms with Crippen molar-refractivity contribution in [1.29, 1.82) is 0 Å². The van der Waals surface area contributed by atoms with Crippen molar-refractivity contribution >= 4 is 3.21 Å². The quantitative estimate of drug-likeness (QED) is 0.297. The average Bonchev–Trinajstić information content (AvgIpc) is 3.47. The second-order valence-electron chi connectivity index (χ2n) is 16.7. The van der Waals surface area contributed by atoms with E-state index in [0.29, 0.717) is 9.54 Å². The van der Waals surface area contributed by atoms with E-state index in [9.17, 15) is 0 Å². The van der Waals surface area contributed by atoms with Gasteiger partial charge in [0.05, 0.1) is 0 Å². The van der Waals surface area contributed by atoms with Gasteiger partial charge in [-0.25, -0.2) is 0 Å². The van der Waals surface area contributed by atoms with Crippen LogP contribution in [0.4, 0.5) is 0 Å². The molecule has 246 valence electrons. The Morgan fingerprint density at radius 2 is 1.17 bits per heavy atom. The van der Waals surface area contributed by atoms with E-state index in [4.69, 9.17) is 0 Å². The van der Waals surface area contributed by atoms with Crippen molar-refractivity contribution in [1.82, 2.24) is 0 Å².